The lowest BCUT2D eigenvalue weighted by Gasteiger charge is -2.25. The zero-order valence-electron chi connectivity index (χ0n) is 26.5. The topological polar surface area (TPSA) is 84.7 Å². The Morgan fingerprint density at radius 1 is 0.792 bits per heavy atom. The second-order valence-electron chi connectivity index (χ2n) is 11.3. The quantitative estimate of drug-likeness (QED) is 0.142. The molecule has 0 saturated heterocycles. The molecule has 0 aromatic heterocycles. The molecule has 5 aromatic rings. The van der Waals surface area contributed by atoms with E-state index in [4.69, 9.17) is 10.5 Å². The minimum absolute atomic E-state index is 0.0507. The number of hydrogen-bond acceptors (Lipinski definition) is 4. The number of anilines is 1. The van der Waals surface area contributed by atoms with Crippen LogP contribution in [0.3, 0.4) is 0 Å². The van der Waals surface area contributed by atoms with Gasteiger partial charge in [-0.2, -0.15) is 13.2 Å². The first-order valence-electron chi connectivity index (χ1n) is 15.6. The summed E-state index contributed by atoms with van der Waals surface area (Å²) >= 11 is 0. The van der Waals surface area contributed by atoms with Crippen LogP contribution in [0.4, 0.5) is 18.9 Å². The van der Waals surface area contributed by atoms with Crippen molar-refractivity contribution < 1.29 is 27.5 Å². The zero-order valence-corrected chi connectivity index (χ0v) is 26.5. The van der Waals surface area contributed by atoms with E-state index in [0.29, 0.717) is 23.7 Å². The third-order valence-corrected chi connectivity index (χ3v) is 7.93. The lowest BCUT2D eigenvalue weighted by Crippen LogP contribution is -2.32. The Hall–Kier alpha value is -5.41. The van der Waals surface area contributed by atoms with E-state index in [2.05, 4.69) is 24.4 Å². The lowest BCUT2D eigenvalue weighted by molar-refractivity contribution is -0.138. The largest absolute Gasteiger partial charge is 0.455 e. The van der Waals surface area contributed by atoms with Crippen molar-refractivity contribution >= 4 is 17.5 Å². The molecule has 0 aliphatic carbocycles. The van der Waals surface area contributed by atoms with Crippen molar-refractivity contribution in [2.75, 3.05) is 4.90 Å². The summed E-state index contributed by atoms with van der Waals surface area (Å²) in [7, 11) is 0. The molecule has 3 N–H and O–H groups in total. The van der Waals surface area contributed by atoms with E-state index >= 15 is 0 Å². The van der Waals surface area contributed by atoms with Crippen molar-refractivity contribution in [3.63, 3.8) is 0 Å². The Morgan fingerprint density at radius 3 is 2.25 bits per heavy atom. The van der Waals surface area contributed by atoms with Crippen LogP contribution in [0.25, 0.3) is 11.1 Å². The number of benzene rings is 5. The van der Waals surface area contributed by atoms with Gasteiger partial charge in [-0.1, -0.05) is 91.0 Å². The van der Waals surface area contributed by atoms with Crippen LogP contribution in [0.1, 0.15) is 40.7 Å². The van der Waals surface area contributed by atoms with Crippen molar-refractivity contribution in [2.24, 2.45) is 5.73 Å². The Kier molecular flexibility index (Phi) is 10.9. The van der Waals surface area contributed by atoms with Crippen molar-refractivity contribution in [1.82, 2.24) is 5.32 Å². The summed E-state index contributed by atoms with van der Waals surface area (Å²) in [5, 5.41) is 2.53. The van der Waals surface area contributed by atoms with E-state index in [1.807, 2.05) is 54.6 Å². The van der Waals surface area contributed by atoms with Gasteiger partial charge in [0.05, 0.1) is 17.8 Å². The number of hydrogen-bond donors (Lipinski definition) is 2. The highest BCUT2D eigenvalue weighted by molar-refractivity contribution is 5.96. The fourth-order valence-electron chi connectivity index (χ4n) is 5.39. The Morgan fingerprint density at radius 2 is 1.50 bits per heavy atom. The molecule has 0 bridgehead atoms. The molecule has 48 heavy (non-hydrogen) atoms. The molecule has 0 radical (unpaired) electrons. The highest BCUT2D eigenvalue weighted by Gasteiger charge is 2.33. The molecule has 2 amide bonds. The third-order valence-electron chi connectivity index (χ3n) is 7.93. The maximum Gasteiger partial charge on any atom is 0.416 e. The maximum atomic E-state index is 13.9. The molecule has 6 nitrogen and oxygen atoms in total. The standard InChI is InChI=1S/C39H36F3N3O3/c1-27-9-2-4-13-33(27)30-19-17-28(18-20-30)26-45(35-15-6-7-16-36(35)48-32-12-8-10-29(23-32)24-43)38(47)22-21-37(46)44-25-31-11-3-5-14-34(31)39(40,41)42/h2-20,23H,21-22,24-26,43H2,1H3,(H,44,46). The van der Waals surface area contributed by atoms with Crippen molar-refractivity contribution in [3.05, 3.63) is 149 Å². The number of nitrogens with two attached hydrogens (primary N) is 1. The number of carbonyl (C=O) groups excluding carboxylic acids is 2. The van der Waals surface area contributed by atoms with Gasteiger partial charge in [-0.05, 0) is 70.6 Å². The number of nitrogens with zero attached hydrogens (tertiary/aromatic N) is 1. The second kappa shape index (κ2) is 15.5. The molecule has 0 saturated carbocycles. The molecule has 0 aliphatic heterocycles. The number of alkyl halides is 3. The average molecular weight is 652 g/mol. The number of amides is 2. The minimum Gasteiger partial charge on any atom is -0.455 e. The number of carbonyl (C=O) groups is 2. The maximum absolute atomic E-state index is 13.9. The Labute approximate surface area is 278 Å². The third kappa shape index (κ3) is 8.68. The summed E-state index contributed by atoms with van der Waals surface area (Å²) in [6.07, 6.45) is -4.93. The normalized spacial score (nSPS) is 11.2. The minimum atomic E-state index is -4.54. The molecule has 9 heteroatoms. The fourth-order valence-corrected chi connectivity index (χ4v) is 5.39. The number of rotatable bonds is 12. The van der Waals surface area contributed by atoms with Gasteiger partial charge in [0.25, 0.3) is 0 Å². The predicted molar refractivity (Wildman–Crippen MR) is 181 cm³/mol. The van der Waals surface area contributed by atoms with Gasteiger partial charge in [-0.3, -0.25) is 9.59 Å². The van der Waals surface area contributed by atoms with E-state index in [9.17, 15) is 22.8 Å². The first-order valence-corrected chi connectivity index (χ1v) is 15.6. The smallest absolute Gasteiger partial charge is 0.416 e. The first kappa shape index (κ1) is 33.9. The summed E-state index contributed by atoms with van der Waals surface area (Å²) in [5.74, 6) is 0.102. The van der Waals surface area contributed by atoms with Crippen LogP contribution in [0.5, 0.6) is 11.5 Å². The summed E-state index contributed by atoms with van der Waals surface area (Å²) in [6.45, 7) is 2.27. The van der Waals surface area contributed by atoms with Crippen molar-refractivity contribution in [3.8, 4) is 22.6 Å². The van der Waals surface area contributed by atoms with Crippen molar-refractivity contribution in [2.45, 2.75) is 45.6 Å². The molecule has 0 aliphatic rings. The first-order chi connectivity index (χ1) is 23.1. The van der Waals surface area contributed by atoms with Gasteiger partial charge in [0.1, 0.15) is 5.75 Å². The van der Waals surface area contributed by atoms with Gasteiger partial charge in [-0.15, -0.1) is 0 Å². The van der Waals surface area contributed by atoms with Crippen LogP contribution < -0.4 is 20.7 Å². The molecule has 0 spiro atoms. The van der Waals surface area contributed by atoms with Crippen LogP contribution in [-0.4, -0.2) is 11.8 Å². The molecular weight excluding hydrogens is 615 g/mol. The van der Waals surface area contributed by atoms with Gasteiger partial charge in [0.2, 0.25) is 11.8 Å². The summed E-state index contributed by atoms with van der Waals surface area (Å²) in [6, 6.07) is 35.6. The van der Waals surface area contributed by atoms with E-state index in [0.717, 1.165) is 33.9 Å². The van der Waals surface area contributed by atoms with Crippen LogP contribution in [0.15, 0.2) is 121 Å². The monoisotopic (exact) mass is 651 g/mol. The molecule has 246 valence electrons. The van der Waals surface area contributed by atoms with Crippen LogP contribution in [0.2, 0.25) is 0 Å². The number of nitrogens with one attached hydrogen (secondary N) is 1. The van der Waals surface area contributed by atoms with Crippen molar-refractivity contribution in [1.29, 1.82) is 0 Å². The predicted octanol–water partition coefficient (Wildman–Crippen LogP) is 8.56. The molecule has 0 unspecified atom stereocenters. The van der Waals surface area contributed by atoms with Crippen LogP contribution in [0, 0.1) is 6.92 Å². The second-order valence-corrected chi connectivity index (χ2v) is 11.3. The van der Waals surface area contributed by atoms with Gasteiger partial charge in [0, 0.05) is 25.9 Å². The fraction of sp³-hybridized carbons (Fsp3) is 0.179. The van der Waals surface area contributed by atoms with E-state index in [-0.39, 0.29) is 37.4 Å². The zero-order chi connectivity index (χ0) is 34.1. The highest BCUT2D eigenvalue weighted by atomic mass is 19.4. The number of ether oxygens (including phenoxy) is 1. The molecular formula is C39H36F3N3O3. The molecule has 5 rings (SSSR count). The molecule has 0 atom stereocenters. The SMILES string of the molecule is Cc1ccccc1-c1ccc(CN(C(=O)CCC(=O)NCc2ccccc2C(F)(F)F)c2ccccc2Oc2cccc(CN)c2)cc1. The van der Waals surface area contributed by atoms with Gasteiger partial charge in [0.15, 0.2) is 5.75 Å². The lowest BCUT2D eigenvalue weighted by atomic mass is 9.99. The summed E-state index contributed by atoms with van der Waals surface area (Å²) < 4.78 is 46.5. The summed E-state index contributed by atoms with van der Waals surface area (Å²) in [5.41, 5.74) is 10.5. The van der Waals surface area contributed by atoms with E-state index < -0.39 is 17.6 Å². The molecule has 0 heterocycles. The molecule has 0 fully saturated rings. The Bertz CT molecular complexity index is 1870. The van der Waals surface area contributed by atoms with E-state index in [1.165, 1.54) is 18.2 Å². The number of para-hydroxylation sites is 2. The average Bonchev–Trinajstić information content (AvgIpc) is 3.09. The highest BCUT2D eigenvalue weighted by Crippen LogP contribution is 2.35. The molecule has 5 aromatic carbocycles. The van der Waals surface area contributed by atoms with Crippen LogP contribution >= 0.6 is 0 Å². The number of aryl methyl sites for hydroxylation is 1. The number of halogens is 3. The summed E-state index contributed by atoms with van der Waals surface area (Å²) in [4.78, 5) is 28.2. The van der Waals surface area contributed by atoms with Gasteiger partial charge >= 0.3 is 6.18 Å². The Balaban J connectivity index is 1.36. The van der Waals surface area contributed by atoms with Crippen LogP contribution in [-0.2, 0) is 35.4 Å². The van der Waals surface area contributed by atoms with Gasteiger partial charge < -0.3 is 20.7 Å². The van der Waals surface area contributed by atoms with Gasteiger partial charge in [-0.25, -0.2) is 0 Å². The van der Waals surface area contributed by atoms with E-state index in [1.54, 1.807) is 35.2 Å².